The van der Waals surface area contributed by atoms with Gasteiger partial charge in [0.25, 0.3) is 0 Å². The zero-order valence-corrected chi connectivity index (χ0v) is 48.2. The molecule has 0 spiro atoms. The van der Waals surface area contributed by atoms with Gasteiger partial charge >= 0.3 is 5.97 Å². The van der Waals surface area contributed by atoms with E-state index in [-0.39, 0.29) is 19.4 Å². The molecule has 1 amide bonds. The Bertz CT molecular complexity index is 1450. The van der Waals surface area contributed by atoms with Gasteiger partial charge in [-0.25, -0.2) is 0 Å². The number of hydrogen-bond acceptors (Lipinski definition) is 10. The van der Waals surface area contributed by atoms with Gasteiger partial charge in [-0.05, 0) is 64.2 Å². The van der Waals surface area contributed by atoms with E-state index >= 15 is 0 Å². The summed E-state index contributed by atoms with van der Waals surface area (Å²) in [5.74, 6) is -1.25. The molecular weight excluding hydrogens is 943 g/mol. The molecule has 0 aromatic carbocycles. The highest BCUT2D eigenvalue weighted by Gasteiger charge is 2.47. The topological polar surface area (TPSA) is 175 Å². The van der Waals surface area contributed by atoms with E-state index in [4.69, 9.17) is 14.2 Å². The predicted molar refractivity (Wildman–Crippen MR) is 310 cm³/mol. The van der Waals surface area contributed by atoms with Crippen LogP contribution in [0.5, 0.6) is 0 Å². The van der Waals surface area contributed by atoms with Gasteiger partial charge in [0.2, 0.25) is 5.91 Å². The lowest BCUT2D eigenvalue weighted by Gasteiger charge is -2.41. The third-order valence-electron chi connectivity index (χ3n) is 14.4. The minimum atomic E-state index is -1.62. The van der Waals surface area contributed by atoms with E-state index in [2.05, 4.69) is 62.5 Å². The number of ether oxygens (including phenoxy) is 3. The highest BCUT2D eigenvalue weighted by Crippen LogP contribution is 2.26. The molecule has 0 aliphatic carbocycles. The van der Waals surface area contributed by atoms with Crippen LogP contribution in [0.3, 0.4) is 0 Å². The first kappa shape index (κ1) is 70.4. The summed E-state index contributed by atoms with van der Waals surface area (Å²) in [5.41, 5.74) is 0. The molecule has 1 aliphatic heterocycles. The van der Waals surface area contributed by atoms with Gasteiger partial charge in [-0.2, -0.15) is 0 Å². The number of aliphatic hydroxyl groups excluding tert-OH is 5. The molecule has 0 bridgehead atoms. The molecule has 8 atom stereocenters. The zero-order chi connectivity index (χ0) is 54.7. The second-order valence-corrected chi connectivity index (χ2v) is 21.4. The zero-order valence-electron chi connectivity index (χ0n) is 48.2. The highest BCUT2D eigenvalue weighted by atomic mass is 16.7. The number of rotatable bonds is 52. The van der Waals surface area contributed by atoms with Crippen molar-refractivity contribution in [1.29, 1.82) is 0 Å². The average molecular weight is 1060 g/mol. The lowest BCUT2D eigenvalue weighted by molar-refractivity contribution is -0.305. The maximum Gasteiger partial charge on any atom is 0.306 e. The lowest BCUT2D eigenvalue weighted by Crippen LogP contribution is -2.61. The first-order valence-electron chi connectivity index (χ1n) is 31.1. The Morgan fingerprint density at radius 3 is 1.40 bits per heavy atom. The number of unbranched alkanes of at least 4 members (excludes halogenated alkanes) is 30. The lowest BCUT2D eigenvalue weighted by atomic mass is 9.99. The maximum absolute atomic E-state index is 13.4. The number of allylic oxidation sites excluding steroid dienone is 9. The predicted octanol–water partition coefficient (Wildman–Crippen LogP) is 14.6. The monoisotopic (exact) mass is 1060 g/mol. The van der Waals surface area contributed by atoms with Crippen molar-refractivity contribution in [2.24, 2.45) is 0 Å². The molecule has 1 rings (SSSR count). The van der Waals surface area contributed by atoms with Crippen LogP contribution in [-0.4, -0.2) is 99.6 Å². The van der Waals surface area contributed by atoms with Crippen molar-refractivity contribution < 1.29 is 49.3 Å². The molecule has 6 N–H and O–H groups in total. The Morgan fingerprint density at radius 2 is 0.920 bits per heavy atom. The van der Waals surface area contributed by atoms with Crippen LogP contribution in [0.4, 0.5) is 0 Å². The number of aliphatic hydroxyl groups is 5. The van der Waals surface area contributed by atoms with Crippen molar-refractivity contribution >= 4 is 11.9 Å². The maximum atomic E-state index is 13.4. The molecule has 1 aliphatic rings. The van der Waals surface area contributed by atoms with Gasteiger partial charge in [0.15, 0.2) is 12.4 Å². The molecule has 0 saturated carbocycles. The summed E-state index contributed by atoms with van der Waals surface area (Å²) in [6.45, 7) is 5.74. The molecule has 75 heavy (non-hydrogen) atoms. The van der Waals surface area contributed by atoms with Gasteiger partial charge in [-0.3, -0.25) is 9.59 Å². The summed E-state index contributed by atoms with van der Waals surface area (Å²) in [7, 11) is 0. The third kappa shape index (κ3) is 40.2. The molecule has 0 aromatic rings. The fourth-order valence-corrected chi connectivity index (χ4v) is 9.47. The van der Waals surface area contributed by atoms with E-state index in [1.165, 1.54) is 161 Å². The SMILES string of the molecule is CCCCC/C=C\C/C=C\C/C=C\C/C=C\CCC(O)C(=O)NC(COC1OC(CO)C(O)C(O)C1OC(=O)CCCCCCCCCCCCCCCCCCC)C(O)/C=C/CCCCCCCCCCCCC. The molecule has 1 saturated heterocycles. The van der Waals surface area contributed by atoms with Gasteiger partial charge in [0.1, 0.15) is 24.4 Å². The summed E-state index contributed by atoms with van der Waals surface area (Å²) >= 11 is 0. The molecule has 436 valence electrons. The molecule has 1 heterocycles. The molecule has 8 unspecified atom stereocenters. The van der Waals surface area contributed by atoms with Crippen molar-refractivity contribution in [3.63, 3.8) is 0 Å². The molecule has 11 heteroatoms. The molecular formula is C64H115NO10. The van der Waals surface area contributed by atoms with E-state index in [0.29, 0.717) is 12.8 Å². The summed E-state index contributed by atoms with van der Waals surface area (Å²) in [4.78, 5) is 26.5. The van der Waals surface area contributed by atoms with E-state index in [0.717, 1.165) is 64.2 Å². The largest absolute Gasteiger partial charge is 0.454 e. The minimum Gasteiger partial charge on any atom is -0.454 e. The molecule has 0 aromatic heterocycles. The number of hydrogen-bond donors (Lipinski definition) is 6. The van der Waals surface area contributed by atoms with E-state index in [1.807, 2.05) is 18.2 Å². The van der Waals surface area contributed by atoms with Crippen molar-refractivity contribution in [3.8, 4) is 0 Å². The average Bonchev–Trinajstić information content (AvgIpc) is 3.41. The van der Waals surface area contributed by atoms with Gasteiger partial charge in [0, 0.05) is 6.42 Å². The normalized spacial score (nSPS) is 19.6. The van der Waals surface area contributed by atoms with Crippen LogP contribution >= 0.6 is 0 Å². The van der Waals surface area contributed by atoms with Gasteiger partial charge in [-0.1, -0.05) is 261 Å². The van der Waals surface area contributed by atoms with Crippen LogP contribution in [-0.2, 0) is 23.8 Å². The Kier molecular flexibility index (Phi) is 48.9. The second kappa shape index (κ2) is 52.1. The number of nitrogens with one attached hydrogen (secondary N) is 1. The van der Waals surface area contributed by atoms with Crippen LogP contribution in [0.25, 0.3) is 0 Å². The minimum absolute atomic E-state index is 0.119. The Hall–Kier alpha value is -2.64. The summed E-state index contributed by atoms with van der Waals surface area (Å²) in [6, 6.07) is -1.05. The number of esters is 1. The van der Waals surface area contributed by atoms with Gasteiger partial charge < -0.3 is 45.1 Å². The first-order chi connectivity index (χ1) is 36.7. The summed E-state index contributed by atoms with van der Waals surface area (Å²) in [5, 5.41) is 56.9. The summed E-state index contributed by atoms with van der Waals surface area (Å²) < 4.78 is 17.6. The first-order valence-corrected chi connectivity index (χ1v) is 31.1. The third-order valence-corrected chi connectivity index (χ3v) is 14.4. The van der Waals surface area contributed by atoms with Crippen LogP contribution in [0, 0.1) is 0 Å². The van der Waals surface area contributed by atoms with Crippen molar-refractivity contribution in [1.82, 2.24) is 5.32 Å². The van der Waals surface area contributed by atoms with Crippen LogP contribution in [0.1, 0.15) is 271 Å². The van der Waals surface area contributed by atoms with Crippen molar-refractivity contribution in [3.05, 3.63) is 60.8 Å². The Balaban J connectivity index is 2.73. The molecule has 0 radical (unpaired) electrons. The van der Waals surface area contributed by atoms with Crippen molar-refractivity contribution in [2.75, 3.05) is 13.2 Å². The number of carbonyl (C=O) groups is 2. The van der Waals surface area contributed by atoms with E-state index in [9.17, 15) is 35.1 Å². The van der Waals surface area contributed by atoms with Gasteiger partial charge in [-0.15, -0.1) is 0 Å². The summed E-state index contributed by atoms with van der Waals surface area (Å²) in [6.07, 6.45) is 54.1. The van der Waals surface area contributed by atoms with Crippen LogP contribution < -0.4 is 5.32 Å². The quantitative estimate of drug-likeness (QED) is 0.0195. The molecule has 1 fully saturated rings. The highest BCUT2D eigenvalue weighted by molar-refractivity contribution is 5.80. The Labute approximate surface area is 458 Å². The number of amides is 1. The Morgan fingerprint density at radius 1 is 0.520 bits per heavy atom. The van der Waals surface area contributed by atoms with Crippen molar-refractivity contribution in [2.45, 2.75) is 320 Å². The molecule has 11 nitrogen and oxygen atoms in total. The van der Waals surface area contributed by atoms with E-state index in [1.54, 1.807) is 6.08 Å². The van der Waals surface area contributed by atoms with E-state index < -0.39 is 67.4 Å². The van der Waals surface area contributed by atoms with Gasteiger partial charge in [0.05, 0.1) is 25.4 Å². The fraction of sp³-hybridized carbons (Fsp3) is 0.812. The second-order valence-electron chi connectivity index (χ2n) is 21.4. The smallest absolute Gasteiger partial charge is 0.306 e. The number of carbonyl (C=O) groups excluding carboxylic acids is 2. The van der Waals surface area contributed by atoms with Crippen LogP contribution in [0.15, 0.2) is 60.8 Å². The fourth-order valence-electron chi connectivity index (χ4n) is 9.47. The van der Waals surface area contributed by atoms with Crippen LogP contribution in [0.2, 0.25) is 0 Å². The standard InChI is InChI=1S/C64H115NO10/c1-4-7-10-13-16-19-22-25-27-29-31-34-37-40-43-46-49-52-59(69)75-62-61(71)60(70)58(53-66)74-64(62)73-54-55(56(67)50-47-44-41-38-35-32-24-21-18-15-12-9-6-3)65-63(72)57(68)51-48-45-42-39-36-33-30-28-26-23-20-17-14-11-8-5-2/h17,20,26,28,33,36,42,45,47,50,55-58,60-62,64,66-68,70-71H,4-16,18-19,21-25,27,29-32,34-35,37-41,43-44,46,48-49,51-54H2,1-3H3,(H,65,72)/b20-17-,28-26-,36-33-,45-42-,50-47+.